The number of para-hydroxylation sites is 1. The number of aromatic nitrogens is 2. The summed E-state index contributed by atoms with van der Waals surface area (Å²) in [6.07, 6.45) is 1.28. The number of fused-ring (bicyclic) bond motifs is 2. The van der Waals surface area contributed by atoms with Crippen LogP contribution in [-0.4, -0.2) is 35.2 Å². The van der Waals surface area contributed by atoms with E-state index in [0.29, 0.717) is 31.6 Å². The molecule has 0 aliphatic carbocycles. The van der Waals surface area contributed by atoms with Crippen LogP contribution in [0.15, 0.2) is 78.9 Å². The lowest BCUT2D eigenvalue weighted by Crippen LogP contribution is -2.37. The van der Waals surface area contributed by atoms with E-state index in [4.69, 9.17) is 9.84 Å². The van der Waals surface area contributed by atoms with Crippen molar-refractivity contribution in [1.29, 1.82) is 0 Å². The molecule has 2 amide bonds. The average molecular weight is 479 g/mol. The highest BCUT2D eigenvalue weighted by molar-refractivity contribution is 6.07. The highest BCUT2D eigenvalue weighted by Crippen LogP contribution is 2.31. The van der Waals surface area contributed by atoms with Crippen LogP contribution in [0.2, 0.25) is 0 Å². The van der Waals surface area contributed by atoms with Gasteiger partial charge in [-0.25, -0.2) is 4.68 Å². The molecule has 0 saturated carbocycles. The minimum Gasteiger partial charge on any atom is -0.497 e. The van der Waals surface area contributed by atoms with Crippen molar-refractivity contribution in [3.05, 3.63) is 95.6 Å². The molecule has 0 atom stereocenters. The molecular formula is C29H26N4O3. The van der Waals surface area contributed by atoms with E-state index < -0.39 is 0 Å². The molecule has 6 rings (SSSR count). The lowest BCUT2D eigenvalue weighted by atomic mass is 10.1. The van der Waals surface area contributed by atoms with Gasteiger partial charge in [-0.2, -0.15) is 5.10 Å². The van der Waals surface area contributed by atoms with Gasteiger partial charge in [0.2, 0.25) is 5.91 Å². The molecule has 0 saturated heterocycles. The first-order chi connectivity index (χ1) is 17.6. The number of hydrogen-bond acceptors (Lipinski definition) is 4. The quantitative estimate of drug-likeness (QED) is 0.417. The van der Waals surface area contributed by atoms with Crippen LogP contribution >= 0.6 is 0 Å². The van der Waals surface area contributed by atoms with Crippen molar-refractivity contribution in [2.75, 3.05) is 23.5 Å². The minimum atomic E-state index is 0.00255. The Morgan fingerprint density at radius 3 is 2.50 bits per heavy atom. The van der Waals surface area contributed by atoms with Gasteiger partial charge in [0.05, 0.1) is 25.9 Å². The lowest BCUT2D eigenvalue weighted by molar-refractivity contribution is -0.119. The molecule has 180 valence electrons. The lowest BCUT2D eigenvalue weighted by Gasteiger charge is -2.27. The Balaban J connectivity index is 1.21. The van der Waals surface area contributed by atoms with Crippen LogP contribution in [0.1, 0.15) is 27.9 Å². The number of ether oxygens (including phenoxy) is 1. The third-order valence-corrected chi connectivity index (χ3v) is 6.93. The van der Waals surface area contributed by atoms with E-state index in [1.165, 1.54) is 5.56 Å². The molecule has 0 bridgehead atoms. The molecule has 3 aromatic carbocycles. The molecular weight excluding hydrogens is 452 g/mol. The molecule has 7 nitrogen and oxygen atoms in total. The summed E-state index contributed by atoms with van der Waals surface area (Å²) in [4.78, 5) is 29.6. The standard InChI is InChI=1S/C29H26N4O3/c1-36-24-12-10-21(11-13-24)25-18-27-32(28(34)15-17-33(27)30-25)19-20-6-8-23(9-7-20)29(35)31-16-14-22-4-2-3-5-26(22)31/h2-13,18H,14-17,19H2,1H3. The van der Waals surface area contributed by atoms with Gasteiger partial charge >= 0.3 is 0 Å². The predicted octanol–water partition coefficient (Wildman–Crippen LogP) is 4.70. The predicted molar refractivity (Wildman–Crippen MR) is 138 cm³/mol. The van der Waals surface area contributed by atoms with Gasteiger partial charge in [0.1, 0.15) is 11.6 Å². The smallest absolute Gasteiger partial charge is 0.258 e. The van der Waals surface area contributed by atoms with Gasteiger partial charge < -0.3 is 9.64 Å². The molecule has 0 N–H and O–H groups in total. The highest BCUT2D eigenvalue weighted by Gasteiger charge is 2.28. The van der Waals surface area contributed by atoms with Crippen LogP contribution < -0.4 is 14.5 Å². The Morgan fingerprint density at radius 2 is 1.72 bits per heavy atom. The van der Waals surface area contributed by atoms with Crippen LogP contribution in [0.3, 0.4) is 0 Å². The summed E-state index contributed by atoms with van der Waals surface area (Å²) in [7, 11) is 1.64. The average Bonchev–Trinajstić information content (AvgIpc) is 3.55. The maximum absolute atomic E-state index is 13.1. The first kappa shape index (κ1) is 22.1. The van der Waals surface area contributed by atoms with E-state index in [0.717, 1.165) is 40.5 Å². The van der Waals surface area contributed by atoms with Crippen molar-refractivity contribution in [2.24, 2.45) is 0 Å². The van der Waals surface area contributed by atoms with E-state index in [1.807, 2.05) is 82.4 Å². The van der Waals surface area contributed by atoms with Gasteiger partial charge in [-0.15, -0.1) is 0 Å². The van der Waals surface area contributed by atoms with E-state index in [2.05, 4.69) is 6.07 Å². The van der Waals surface area contributed by atoms with Crippen LogP contribution in [-0.2, 0) is 24.3 Å². The van der Waals surface area contributed by atoms with Crippen molar-refractivity contribution >= 4 is 23.3 Å². The second kappa shape index (κ2) is 9.00. The molecule has 1 aromatic heterocycles. The normalized spacial score (nSPS) is 14.5. The summed E-state index contributed by atoms with van der Waals surface area (Å²) < 4.78 is 7.14. The van der Waals surface area contributed by atoms with Gasteiger partial charge in [0, 0.05) is 35.8 Å². The Hall–Kier alpha value is -4.39. The number of nitrogens with zero attached hydrogens (tertiary/aromatic N) is 4. The number of aryl methyl sites for hydroxylation is 1. The van der Waals surface area contributed by atoms with Crippen LogP contribution in [0, 0.1) is 0 Å². The van der Waals surface area contributed by atoms with Crippen molar-refractivity contribution in [3.8, 4) is 17.0 Å². The zero-order chi connectivity index (χ0) is 24.6. The fraction of sp³-hybridized carbons (Fsp3) is 0.207. The number of hydrogen-bond donors (Lipinski definition) is 0. The van der Waals surface area contributed by atoms with Gasteiger partial charge in [-0.1, -0.05) is 30.3 Å². The number of carbonyl (C=O) groups is 2. The second-order valence-electron chi connectivity index (χ2n) is 9.10. The van der Waals surface area contributed by atoms with E-state index in [1.54, 1.807) is 12.0 Å². The van der Waals surface area contributed by atoms with Crippen molar-refractivity contribution in [2.45, 2.75) is 25.9 Å². The van der Waals surface area contributed by atoms with Crippen molar-refractivity contribution in [3.63, 3.8) is 0 Å². The van der Waals surface area contributed by atoms with Crippen LogP contribution in [0.5, 0.6) is 5.75 Å². The van der Waals surface area contributed by atoms with E-state index >= 15 is 0 Å². The number of anilines is 2. The summed E-state index contributed by atoms with van der Waals surface area (Å²) >= 11 is 0. The molecule has 0 spiro atoms. The van der Waals surface area contributed by atoms with Gasteiger partial charge in [-0.3, -0.25) is 14.5 Å². The number of methoxy groups -OCH3 is 1. The van der Waals surface area contributed by atoms with E-state index in [9.17, 15) is 9.59 Å². The molecule has 36 heavy (non-hydrogen) atoms. The minimum absolute atomic E-state index is 0.00255. The maximum atomic E-state index is 13.1. The Labute approximate surface area is 209 Å². The summed E-state index contributed by atoms with van der Waals surface area (Å²) in [6.45, 7) is 1.68. The number of rotatable bonds is 5. The van der Waals surface area contributed by atoms with Gasteiger partial charge in [0.15, 0.2) is 0 Å². The van der Waals surface area contributed by atoms with Crippen LogP contribution in [0.25, 0.3) is 11.3 Å². The fourth-order valence-corrected chi connectivity index (χ4v) is 4.97. The zero-order valence-corrected chi connectivity index (χ0v) is 20.1. The summed E-state index contributed by atoms with van der Waals surface area (Å²) in [5.41, 5.74) is 5.59. The van der Waals surface area contributed by atoms with E-state index in [-0.39, 0.29) is 11.8 Å². The first-order valence-corrected chi connectivity index (χ1v) is 12.1. The van der Waals surface area contributed by atoms with Gasteiger partial charge in [0.25, 0.3) is 5.91 Å². The Bertz CT molecular complexity index is 1440. The van der Waals surface area contributed by atoms with Crippen molar-refractivity contribution < 1.29 is 14.3 Å². The molecule has 0 unspecified atom stereocenters. The number of carbonyl (C=O) groups excluding carboxylic acids is 2. The van der Waals surface area contributed by atoms with Gasteiger partial charge in [-0.05, 0) is 60.0 Å². The first-order valence-electron chi connectivity index (χ1n) is 12.1. The molecule has 4 aromatic rings. The second-order valence-corrected chi connectivity index (χ2v) is 9.10. The molecule has 2 aliphatic rings. The van der Waals surface area contributed by atoms with Crippen LogP contribution in [0.4, 0.5) is 11.5 Å². The Morgan fingerprint density at radius 1 is 0.944 bits per heavy atom. The number of amides is 2. The molecule has 7 heteroatoms. The monoisotopic (exact) mass is 478 g/mol. The topological polar surface area (TPSA) is 67.7 Å². The summed E-state index contributed by atoms with van der Waals surface area (Å²) in [6, 6.07) is 25.3. The number of benzene rings is 3. The highest BCUT2D eigenvalue weighted by atomic mass is 16.5. The SMILES string of the molecule is COc1ccc(-c2cc3n(n2)CCC(=O)N3Cc2ccc(C(=O)N3CCc4ccccc43)cc2)cc1. The maximum Gasteiger partial charge on any atom is 0.258 e. The summed E-state index contributed by atoms with van der Waals surface area (Å²) in [5, 5.41) is 4.73. The molecule has 2 aliphatic heterocycles. The third-order valence-electron chi connectivity index (χ3n) is 6.93. The zero-order valence-electron chi connectivity index (χ0n) is 20.1. The fourth-order valence-electron chi connectivity index (χ4n) is 4.97. The van der Waals surface area contributed by atoms with Crippen molar-refractivity contribution in [1.82, 2.24) is 9.78 Å². The molecule has 0 radical (unpaired) electrons. The Kier molecular flexibility index (Phi) is 5.52. The summed E-state index contributed by atoms with van der Waals surface area (Å²) in [5.74, 6) is 1.64. The third kappa shape index (κ3) is 3.92. The molecule has 3 heterocycles. The largest absolute Gasteiger partial charge is 0.497 e. The molecule has 0 fully saturated rings.